The highest BCUT2D eigenvalue weighted by Gasteiger charge is 2.06. The van der Waals surface area contributed by atoms with Gasteiger partial charge in [0, 0.05) is 22.7 Å². The van der Waals surface area contributed by atoms with E-state index in [0.717, 1.165) is 10.2 Å². The summed E-state index contributed by atoms with van der Waals surface area (Å²) >= 11 is 3.34. The van der Waals surface area contributed by atoms with Crippen molar-refractivity contribution in [1.29, 1.82) is 0 Å². The molecule has 1 aromatic heterocycles. The molecule has 14 heavy (non-hydrogen) atoms. The average Bonchev–Trinajstić information content (AvgIpc) is 2.18. The SMILES string of the molecule is Fc1ccc[n+](-c2c[c]cc(Br)c2)c1. The normalized spacial score (nSPS) is 10.1. The van der Waals surface area contributed by atoms with Crippen molar-refractivity contribution < 1.29 is 8.96 Å². The van der Waals surface area contributed by atoms with E-state index in [2.05, 4.69) is 22.0 Å². The van der Waals surface area contributed by atoms with Crippen LogP contribution in [0.25, 0.3) is 5.69 Å². The zero-order valence-electron chi connectivity index (χ0n) is 7.24. The molecule has 0 aliphatic carbocycles. The van der Waals surface area contributed by atoms with Crippen molar-refractivity contribution in [3.8, 4) is 5.69 Å². The molecule has 0 saturated carbocycles. The molecule has 0 N–H and O–H groups in total. The summed E-state index contributed by atoms with van der Waals surface area (Å²) in [6, 6.07) is 11.5. The molecule has 3 heteroatoms. The Morgan fingerprint density at radius 3 is 2.93 bits per heavy atom. The molecule has 0 aliphatic rings. The smallest absolute Gasteiger partial charge is 0.200 e. The number of nitrogens with zero attached hydrogens (tertiary/aromatic N) is 1. The minimum absolute atomic E-state index is 0.257. The van der Waals surface area contributed by atoms with Gasteiger partial charge in [-0.2, -0.15) is 4.57 Å². The van der Waals surface area contributed by atoms with E-state index in [-0.39, 0.29) is 5.82 Å². The first-order chi connectivity index (χ1) is 6.75. The largest absolute Gasteiger partial charge is 0.212 e. The van der Waals surface area contributed by atoms with Crippen LogP contribution in [0.1, 0.15) is 0 Å². The Balaban J connectivity index is 2.49. The molecule has 0 atom stereocenters. The molecular formula is C11H7BrFN+. The Labute approximate surface area is 90.0 Å². The number of halogens is 2. The van der Waals surface area contributed by atoms with Gasteiger partial charge in [-0.05, 0) is 18.2 Å². The molecule has 2 rings (SSSR count). The summed E-state index contributed by atoms with van der Waals surface area (Å²) in [5.41, 5.74) is 0.874. The molecule has 1 nitrogen and oxygen atoms in total. The fraction of sp³-hybridized carbons (Fsp3) is 0. The van der Waals surface area contributed by atoms with Crippen LogP contribution in [0.5, 0.6) is 0 Å². The Bertz CT molecular complexity index is 413. The van der Waals surface area contributed by atoms with E-state index >= 15 is 0 Å². The molecule has 1 heterocycles. The highest BCUT2D eigenvalue weighted by Crippen LogP contribution is 2.10. The van der Waals surface area contributed by atoms with Crippen LogP contribution in [0.2, 0.25) is 0 Å². The Morgan fingerprint density at radius 2 is 2.21 bits per heavy atom. The molecule has 0 aliphatic heterocycles. The summed E-state index contributed by atoms with van der Waals surface area (Å²) in [7, 11) is 0. The summed E-state index contributed by atoms with van der Waals surface area (Å²) in [6.45, 7) is 0. The summed E-state index contributed by atoms with van der Waals surface area (Å²) in [5.74, 6) is -0.257. The highest BCUT2D eigenvalue weighted by molar-refractivity contribution is 9.10. The van der Waals surface area contributed by atoms with Gasteiger partial charge < -0.3 is 0 Å². The molecule has 2 aromatic rings. The van der Waals surface area contributed by atoms with Crippen molar-refractivity contribution >= 4 is 15.9 Å². The molecular weight excluding hydrogens is 245 g/mol. The monoisotopic (exact) mass is 251 g/mol. The molecule has 0 bridgehead atoms. The second-order valence-electron chi connectivity index (χ2n) is 2.84. The number of benzene rings is 1. The predicted octanol–water partition coefficient (Wildman–Crippen LogP) is 2.67. The lowest BCUT2D eigenvalue weighted by Gasteiger charge is -1.95. The number of rotatable bonds is 1. The number of hydrogen-bond donors (Lipinski definition) is 0. The first-order valence-electron chi connectivity index (χ1n) is 4.09. The van der Waals surface area contributed by atoms with Crippen LogP contribution in [0, 0.1) is 11.9 Å². The van der Waals surface area contributed by atoms with Crippen molar-refractivity contribution in [2.45, 2.75) is 0 Å². The van der Waals surface area contributed by atoms with Gasteiger partial charge in [0.15, 0.2) is 12.0 Å². The first-order valence-corrected chi connectivity index (χ1v) is 4.89. The van der Waals surface area contributed by atoms with E-state index in [1.807, 2.05) is 12.1 Å². The van der Waals surface area contributed by atoms with Gasteiger partial charge >= 0.3 is 0 Å². The quantitative estimate of drug-likeness (QED) is 0.687. The third kappa shape index (κ3) is 1.99. The van der Waals surface area contributed by atoms with Gasteiger partial charge in [-0.3, -0.25) is 0 Å². The van der Waals surface area contributed by atoms with Gasteiger partial charge in [-0.25, -0.2) is 4.39 Å². The predicted molar refractivity (Wildman–Crippen MR) is 54.5 cm³/mol. The third-order valence-electron chi connectivity index (χ3n) is 1.80. The third-order valence-corrected chi connectivity index (χ3v) is 2.26. The van der Waals surface area contributed by atoms with Crippen LogP contribution in [0.3, 0.4) is 0 Å². The van der Waals surface area contributed by atoms with Gasteiger partial charge in [0.05, 0.1) is 0 Å². The Morgan fingerprint density at radius 1 is 1.36 bits per heavy atom. The van der Waals surface area contributed by atoms with E-state index in [1.54, 1.807) is 22.9 Å². The van der Waals surface area contributed by atoms with E-state index in [1.165, 1.54) is 12.3 Å². The fourth-order valence-electron chi connectivity index (χ4n) is 1.19. The zero-order valence-corrected chi connectivity index (χ0v) is 8.83. The second-order valence-corrected chi connectivity index (χ2v) is 3.75. The Kier molecular flexibility index (Phi) is 2.59. The topological polar surface area (TPSA) is 3.88 Å². The minimum Gasteiger partial charge on any atom is -0.200 e. The maximum Gasteiger partial charge on any atom is 0.212 e. The van der Waals surface area contributed by atoms with Gasteiger partial charge in [0.1, 0.15) is 0 Å². The van der Waals surface area contributed by atoms with Gasteiger partial charge in [-0.15, -0.1) is 0 Å². The lowest BCUT2D eigenvalue weighted by molar-refractivity contribution is -0.597. The van der Waals surface area contributed by atoms with E-state index in [9.17, 15) is 4.39 Å². The number of hydrogen-bond acceptors (Lipinski definition) is 0. The van der Waals surface area contributed by atoms with Gasteiger partial charge in [0.25, 0.3) is 0 Å². The molecule has 1 radical (unpaired) electrons. The summed E-state index contributed by atoms with van der Waals surface area (Å²) in [5, 5.41) is 0. The first kappa shape index (κ1) is 9.34. The summed E-state index contributed by atoms with van der Waals surface area (Å²) in [6.07, 6.45) is 3.22. The van der Waals surface area contributed by atoms with Crippen molar-refractivity contribution in [2.75, 3.05) is 0 Å². The summed E-state index contributed by atoms with van der Waals surface area (Å²) < 4.78 is 15.5. The van der Waals surface area contributed by atoms with Crippen molar-refractivity contribution in [1.82, 2.24) is 0 Å². The van der Waals surface area contributed by atoms with Crippen LogP contribution in [-0.2, 0) is 0 Å². The fourth-order valence-corrected chi connectivity index (χ4v) is 1.55. The van der Waals surface area contributed by atoms with Crippen LogP contribution < -0.4 is 4.57 Å². The van der Waals surface area contributed by atoms with E-state index in [0.29, 0.717) is 0 Å². The minimum atomic E-state index is -0.257. The number of aromatic nitrogens is 1. The molecule has 0 amide bonds. The lowest BCUT2D eigenvalue weighted by Crippen LogP contribution is -2.29. The van der Waals surface area contributed by atoms with Crippen molar-refractivity contribution in [2.24, 2.45) is 0 Å². The highest BCUT2D eigenvalue weighted by atomic mass is 79.9. The molecule has 1 aromatic carbocycles. The van der Waals surface area contributed by atoms with E-state index in [4.69, 9.17) is 0 Å². The molecule has 0 saturated heterocycles. The van der Waals surface area contributed by atoms with Gasteiger partial charge in [-0.1, -0.05) is 15.9 Å². The number of pyridine rings is 1. The average molecular weight is 252 g/mol. The second kappa shape index (κ2) is 3.88. The van der Waals surface area contributed by atoms with Gasteiger partial charge in [0.2, 0.25) is 11.9 Å². The molecule has 0 fully saturated rings. The van der Waals surface area contributed by atoms with Crippen LogP contribution in [0.4, 0.5) is 4.39 Å². The van der Waals surface area contributed by atoms with E-state index < -0.39 is 0 Å². The maximum atomic E-state index is 12.9. The van der Waals surface area contributed by atoms with Crippen molar-refractivity contribution in [3.63, 3.8) is 0 Å². The van der Waals surface area contributed by atoms with Crippen LogP contribution in [0.15, 0.2) is 47.2 Å². The molecule has 69 valence electrons. The van der Waals surface area contributed by atoms with Crippen LogP contribution in [-0.4, -0.2) is 0 Å². The summed E-state index contributed by atoms with van der Waals surface area (Å²) in [4.78, 5) is 0. The molecule has 0 spiro atoms. The van der Waals surface area contributed by atoms with Crippen molar-refractivity contribution in [3.05, 3.63) is 59.1 Å². The lowest BCUT2D eigenvalue weighted by atomic mass is 10.3. The molecule has 0 unspecified atom stereocenters. The Hall–Kier alpha value is -1.22. The van der Waals surface area contributed by atoms with Crippen LogP contribution >= 0.6 is 15.9 Å². The standard InChI is InChI=1S/C11H7BrFN/c12-9-3-1-5-11(7-9)14-6-2-4-10(13)8-14/h2-8H/q+1. The maximum absolute atomic E-state index is 12.9. The zero-order chi connectivity index (χ0) is 9.97.